The van der Waals surface area contributed by atoms with E-state index in [2.05, 4.69) is 15.4 Å². The number of nitriles is 1. The van der Waals surface area contributed by atoms with Crippen LogP contribution in [0.25, 0.3) is 11.0 Å². The molecule has 0 aromatic carbocycles. The quantitative estimate of drug-likeness (QED) is 0.700. The molecule has 0 unspecified atom stereocenters. The number of carbonyl (C=O) groups excluding carboxylic acids is 1. The Bertz CT molecular complexity index is 739. The molecule has 2 aromatic rings. The molecule has 104 valence electrons. The fourth-order valence-electron chi connectivity index (χ4n) is 1.67. The van der Waals surface area contributed by atoms with Gasteiger partial charge in [-0.15, -0.1) is 5.10 Å². The van der Waals surface area contributed by atoms with Crippen LogP contribution in [0.5, 0.6) is 0 Å². The van der Waals surface area contributed by atoms with E-state index in [1.54, 1.807) is 14.1 Å². The number of hydrogen-bond donors (Lipinski definition) is 0. The lowest BCUT2D eigenvalue weighted by atomic mass is 10.4. The molecule has 2 rings (SSSR count). The van der Waals surface area contributed by atoms with Crippen molar-refractivity contribution in [2.45, 2.75) is 13.0 Å². The second kappa shape index (κ2) is 5.48. The highest BCUT2D eigenvalue weighted by Crippen LogP contribution is 2.01. The number of hydrogen-bond acceptors (Lipinski definition) is 6. The maximum absolute atomic E-state index is 12.1. The van der Waals surface area contributed by atoms with E-state index in [4.69, 9.17) is 5.26 Å². The van der Waals surface area contributed by atoms with Crippen molar-refractivity contribution in [3.8, 4) is 6.07 Å². The SMILES string of the molecule is CN(CCC#N)C(=O)Cn1nnc2c(cnn2C)c1=O. The number of aryl methyl sites for hydroxylation is 1. The zero-order valence-electron chi connectivity index (χ0n) is 11.1. The maximum atomic E-state index is 12.1. The van der Waals surface area contributed by atoms with Crippen molar-refractivity contribution in [2.24, 2.45) is 7.05 Å². The average Bonchev–Trinajstić information content (AvgIpc) is 2.81. The summed E-state index contributed by atoms with van der Waals surface area (Å²) in [7, 11) is 3.22. The number of amides is 1. The molecular weight excluding hydrogens is 262 g/mol. The van der Waals surface area contributed by atoms with Gasteiger partial charge < -0.3 is 4.90 Å². The van der Waals surface area contributed by atoms with Gasteiger partial charge in [0.2, 0.25) is 5.91 Å². The molecule has 2 heterocycles. The topological polar surface area (TPSA) is 110 Å². The van der Waals surface area contributed by atoms with Crippen LogP contribution in [0.2, 0.25) is 0 Å². The summed E-state index contributed by atoms with van der Waals surface area (Å²) in [6, 6.07) is 1.95. The predicted molar refractivity (Wildman–Crippen MR) is 68.4 cm³/mol. The van der Waals surface area contributed by atoms with E-state index < -0.39 is 5.56 Å². The van der Waals surface area contributed by atoms with Crippen LogP contribution in [0, 0.1) is 11.3 Å². The first kappa shape index (κ1) is 13.7. The average molecular weight is 275 g/mol. The molecule has 1 amide bonds. The fraction of sp³-hybridized carbons (Fsp3) is 0.455. The van der Waals surface area contributed by atoms with Crippen LogP contribution in [0.3, 0.4) is 0 Å². The summed E-state index contributed by atoms with van der Waals surface area (Å²) in [5.41, 5.74) is -0.0401. The van der Waals surface area contributed by atoms with Crippen LogP contribution in [-0.4, -0.2) is 49.2 Å². The van der Waals surface area contributed by atoms with Gasteiger partial charge in [0, 0.05) is 20.6 Å². The van der Waals surface area contributed by atoms with Crippen LogP contribution >= 0.6 is 0 Å². The molecule has 0 saturated heterocycles. The van der Waals surface area contributed by atoms with Gasteiger partial charge >= 0.3 is 0 Å². The van der Waals surface area contributed by atoms with Gasteiger partial charge in [0.1, 0.15) is 11.9 Å². The second-order valence-electron chi connectivity index (χ2n) is 4.28. The molecule has 0 fully saturated rings. The standard InChI is InChI=1S/C11H13N7O2/c1-16(5-3-4-12)9(19)7-18-11(20)8-6-13-17(2)10(8)14-15-18/h6H,3,5,7H2,1-2H3. The highest BCUT2D eigenvalue weighted by molar-refractivity contribution is 5.76. The Morgan fingerprint density at radius 2 is 2.30 bits per heavy atom. The number of carbonyl (C=O) groups is 1. The van der Waals surface area contributed by atoms with Crippen molar-refractivity contribution >= 4 is 16.9 Å². The van der Waals surface area contributed by atoms with E-state index in [1.165, 1.54) is 15.8 Å². The minimum absolute atomic E-state index is 0.210. The van der Waals surface area contributed by atoms with Crippen molar-refractivity contribution < 1.29 is 4.79 Å². The largest absolute Gasteiger partial charge is 0.343 e. The minimum Gasteiger partial charge on any atom is -0.343 e. The first-order chi connectivity index (χ1) is 9.54. The summed E-state index contributed by atoms with van der Waals surface area (Å²) >= 11 is 0. The molecule has 0 bridgehead atoms. The summed E-state index contributed by atoms with van der Waals surface area (Å²) in [6.07, 6.45) is 1.64. The molecule has 9 heteroatoms. The monoisotopic (exact) mass is 275 g/mol. The summed E-state index contributed by atoms with van der Waals surface area (Å²) in [6.45, 7) is 0.102. The van der Waals surface area contributed by atoms with Crippen molar-refractivity contribution in [3.63, 3.8) is 0 Å². The van der Waals surface area contributed by atoms with Gasteiger partial charge in [-0.05, 0) is 0 Å². The minimum atomic E-state index is -0.412. The van der Waals surface area contributed by atoms with E-state index in [0.717, 1.165) is 4.68 Å². The van der Waals surface area contributed by atoms with Gasteiger partial charge in [0.15, 0.2) is 5.65 Å². The Labute approximate surface area is 114 Å². The normalized spacial score (nSPS) is 10.4. The van der Waals surface area contributed by atoms with Crippen molar-refractivity contribution in [1.82, 2.24) is 29.7 Å². The number of aromatic nitrogens is 5. The zero-order chi connectivity index (χ0) is 14.7. The van der Waals surface area contributed by atoms with Crippen LogP contribution in [-0.2, 0) is 18.4 Å². The van der Waals surface area contributed by atoms with Gasteiger partial charge in [0.25, 0.3) is 5.56 Å². The lowest BCUT2D eigenvalue weighted by Gasteiger charge is -2.15. The first-order valence-corrected chi connectivity index (χ1v) is 5.91. The molecule has 0 radical (unpaired) electrons. The lowest BCUT2D eigenvalue weighted by molar-refractivity contribution is -0.130. The first-order valence-electron chi connectivity index (χ1n) is 5.91. The summed E-state index contributed by atoms with van der Waals surface area (Å²) in [5, 5.41) is 20.3. The van der Waals surface area contributed by atoms with Crippen molar-refractivity contribution in [3.05, 3.63) is 16.6 Å². The van der Waals surface area contributed by atoms with E-state index >= 15 is 0 Å². The predicted octanol–water partition coefficient (Wildman–Crippen LogP) is -1.10. The Morgan fingerprint density at radius 3 is 3.00 bits per heavy atom. The fourth-order valence-corrected chi connectivity index (χ4v) is 1.67. The van der Waals surface area contributed by atoms with Crippen LogP contribution < -0.4 is 5.56 Å². The zero-order valence-corrected chi connectivity index (χ0v) is 11.1. The molecular formula is C11H13N7O2. The summed E-state index contributed by atoms with van der Waals surface area (Å²) < 4.78 is 2.43. The highest BCUT2D eigenvalue weighted by Gasteiger charge is 2.14. The molecule has 20 heavy (non-hydrogen) atoms. The third-order valence-electron chi connectivity index (χ3n) is 2.89. The molecule has 9 nitrogen and oxygen atoms in total. The van der Waals surface area contributed by atoms with Crippen molar-refractivity contribution in [2.75, 3.05) is 13.6 Å². The number of nitrogens with zero attached hydrogens (tertiary/aromatic N) is 7. The van der Waals surface area contributed by atoms with E-state index in [-0.39, 0.29) is 18.9 Å². The van der Waals surface area contributed by atoms with Gasteiger partial charge in [-0.2, -0.15) is 10.4 Å². The van der Waals surface area contributed by atoms with Crippen molar-refractivity contribution in [1.29, 1.82) is 5.26 Å². The van der Waals surface area contributed by atoms with E-state index in [0.29, 0.717) is 17.6 Å². The molecule has 0 N–H and O–H groups in total. The highest BCUT2D eigenvalue weighted by atomic mass is 16.2. The van der Waals surface area contributed by atoms with Gasteiger partial charge in [-0.1, -0.05) is 5.21 Å². The lowest BCUT2D eigenvalue weighted by Crippen LogP contribution is -2.35. The Kier molecular flexibility index (Phi) is 3.74. The van der Waals surface area contributed by atoms with E-state index in [1.807, 2.05) is 6.07 Å². The molecule has 0 saturated carbocycles. The molecule has 0 atom stereocenters. The molecule has 0 aliphatic carbocycles. The molecule has 2 aromatic heterocycles. The van der Waals surface area contributed by atoms with Gasteiger partial charge in [-0.25, -0.2) is 9.36 Å². The molecule has 0 spiro atoms. The third kappa shape index (κ3) is 2.49. The van der Waals surface area contributed by atoms with Gasteiger partial charge in [0.05, 0.1) is 18.7 Å². The van der Waals surface area contributed by atoms with Crippen LogP contribution in [0.1, 0.15) is 6.42 Å². The van der Waals surface area contributed by atoms with Crippen LogP contribution in [0.4, 0.5) is 0 Å². The Balaban J connectivity index is 2.22. The smallest absolute Gasteiger partial charge is 0.281 e. The number of fused-ring (bicyclic) bond motifs is 1. The maximum Gasteiger partial charge on any atom is 0.281 e. The Morgan fingerprint density at radius 1 is 1.55 bits per heavy atom. The summed E-state index contributed by atoms with van der Waals surface area (Å²) in [5.74, 6) is -0.306. The number of likely N-dealkylation sites (N-methyl/N-ethyl adjacent to an activating group) is 1. The van der Waals surface area contributed by atoms with Crippen LogP contribution in [0.15, 0.2) is 11.0 Å². The third-order valence-corrected chi connectivity index (χ3v) is 2.89. The second-order valence-corrected chi connectivity index (χ2v) is 4.28. The van der Waals surface area contributed by atoms with E-state index in [9.17, 15) is 9.59 Å². The molecule has 0 aliphatic rings. The summed E-state index contributed by atoms with van der Waals surface area (Å²) in [4.78, 5) is 25.4. The number of rotatable bonds is 4. The van der Waals surface area contributed by atoms with Gasteiger partial charge in [-0.3, -0.25) is 9.59 Å². The Hall–Kier alpha value is -2.76. The molecule has 0 aliphatic heterocycles.